The Morgan fingerprint density at radius 1 is 1.03 bits per heavy atom. The molecule has 1 unspecified atom stereocenters. The maximum atomic E-state index is 13.0. The van der Waals surface area contributed by atoms with Crippen LogP contribution in [0.2, 0.25) is 5.02 Å². The summed E-state index contributed by atoms with van der Waals surface area (Å²) in [6, 6.07) is 11.9. The highest BCUT2D eigenvalue weighted by Crippen LogP contribution is 2.24. The molecule has 0 saturated carbocycles. The van der Waals surface area contributed by atoms with Gasteiger partial charge in [0.15, 0.2) is 0 Å². The molecular weight excluding hydrogens is 408 g/mol. The molecule has 0 aliphatic heterocycles. The molecule has 0 saturated heterocycles. The molecule has 0 aliphatic carbocycles. The molecule has 5 nitrogen and oxygen atoms in total. The molecule has 0 heterocycles. The lowest BCUT2D eigenvalue weighted by molar-refractivity contribution is -0.122. The highest BCUT2D eigenvalue weighted by molar-refractivity contribution is 7.92. The predicted octanol–water partition coefficient (Wildman–Crippen LogP) is 4.33. The first kappa shape index (κ1) is 23.2. The number of nitrogens with one attached hydrogen (secondary N) is 1. The maximum Gasteiger partial charge on any atom is 0.244 e. The zero-order valence-electron chi connectivity index (χ0n) is 17.4. The Labute approximate surface area is 179 Å². The van der Waals surface area contributed by atoms with Gasteiger partial charge in [0.1, 0.15) is 6.04 Å². The first-order chi connectivity index (χ1) is 13.7. The van der Waals surface area contributed by atoms with Crippen molar-refractivity contribution in [3.05, 3.63) is 64.2 Å². The average Bonchev–Trinajstić information content (AvgIpc) is 2.69. The molecule has 2 aromatic rings. The first-order valence-electron chi connectivity index (χ1n) is 9.84. The van der Waals surface area contributed by atoms with Crippen LogP contribution in [0.25, 0.3) is 0 Å². The van der Waals surface area contributed by atoms with Gasteiger partial charge in [-0.25, -0.2) is 8.42 Å². The van der Waals surface area contributed by atoms with Crippen molar-refractivity contribution in [2.24, 2.45) is 0 Å². The van der Waals surface area contributed by atoms with Gasteiger partial charge in [-0.3, -0.25) is 9.10 Å². The van der Waals surface area contributed by atoms with Crippen LogP contribution in [0.4, 0.5) is 5.69 Å². The van der Waals surface area contributed by atoms with E-state index in [1.165, 1.54) is 15.4 Å². The largest absolute Gasteiger partial charge is 0.350 e. The summed E-state index contributed by atoms with van der Waals surface area (Å²) in [5, 5.41) is 3.44. The van der Waals surface area contributed by atoms with Gasteiger partial charge in [-0.1, -0.05) is 50.6 Å². The van der Waals surface area contributed by atoms with Crippen LogP contribution in [0.3, 0.4) is 0 Å². The fourth-order valence-corrected chi connectivity index (χ4v) is 4.69. The fraction of sp³-hybridized carbons (Fsp3) is 0.409. The predicted molar refractivity (Wildman–Crippen MR) is 120 cm³/mol. The van der Waals surface area contributed by atoms with Gasteiger partial charge in [0.2, 0.25) is 15.9 Å². The van der Waals surface area contributed by atoms with Gasteiger partial charge in [0.05, 0.1) is 11.9 Å². The summed E-state index contributed by atoms with van der Waals surface area (Å²) >= 11 is 5.93. The second-order valence-electron chi connectivity index (χ2n) is 6.99. The van der Waals surface area contributed by atoms with Crippen LogP contribution in [0.15, 0.2) is 42.5 Å². The molecule has 1 amide bonds. The quantitative estimate of drug-likeness (QED) is 0.636. The normalized spacial score (nSPS) is 12.4. The molecule has 2 rings (SSSR count). The molecule has 0 radical (unpaired) electrons. The minimum Gasteiger partial charge on any atom is -0.350 e. The number of carbonyl (C=O) groups is 1. The number of nitrogens with zero attached hydrogens (tertiary/aromatic N) is 1. The average molecular weight is 437 g/mol. The number of hydrogen-bond acceptors (Lipinski definition) is 3. The van der Waals surface area contributed by atoms with Gasteiger partial charge in [0, 0.05) is 11.6 Å². The second kappa shape index (κ2) is 10.1. The summed E-state index contributed by atoms with van der Waals surface area (Å²) in [6.45, 7) is 6.33. The van der Waals surface area contributed by atoms with Crippen LogP contribution in [0.1, 0.15) is 43.9 Å². The second-order valence-corrected chi connectivity index (χ2v) is 9.28. The smallest absolute Gasteiger partial charge is 0.244 e. The lowest BCUT2D eigenvalue weighted by Gasteiger charge is -2.30. The fourth-order valence-electron chi connectivity index (χ4n) is 3.36. The third-order valence-electron chi connectivity index (χ3n) is 4.92. The summed E-state index contributed by atoms with van der Waals surface area (Å²) in [7, 11) is -3.66. The van der Waals surface area contributed by atoms with E-state index in [9.17, 15) is 13.2 Å². The zero-order chi connectivity index (χ0) is 21.6. The Bertz CT molecular complexity index is 943. The molecule has 0 fully saturated rings. The summed E-state index contributed by atoms with van der Waals surface area (Å²) in [6.07, 6.45) is 3.24. The lowest BCUT2D eigenvalue weighted by atomic mass is 10.0. The van der Waals surface area contributed by atoms with Crippen molar-refractivity contribution in [3.8, 4) is 0 Å². The van der Waals surface area contributed by atoms with E-state index in [1.807, 2.05) is 0 Å². The van der Waals surface area contributed by atoms with Crippen molar-refractivity contribution in [3.63, 3.8) is 0 Å². The molecule has 0 aliphatic rings. The van der Waals surface area contributed by atoms with E-state index in [4.69, 9.17) is 11.6 Å². The number of amides is 1. The number of aryl methyl sites for hydroxylation is 2. The molecule has 1 atom stereocenters. The Kier molecular flexibility index (Phi) is 8.11. The molecule has 2 aromatic carbocycles. The number of hydrogen-bond donors (Lipinski definition) is 1. The van der Waals surface area contributed by atoms with Crippen molar-refractivity contribution in [2.45, 2.75) is 52.6 Å². The molecule has 0 bridgehead atoms. The van der Waals surface area contributed by atoms with Crippen molar-refractivity contribution in [1.29, 1.82) is 0 Å². The minimum atomic E-state index is -3.66. The third-order valence-corrected chi connectivity index (χ3v) is 6.36. The van der Waals surface area contributed by atoms with Crippen molar-refractivity contribution < 1.29 is 13.2 Å². The summed E-state index contributed by atoms with van der Waals surface area (Å²) in [5.74, 6) is -0.322. The van der Waals surface area contributed by atoms with Crippen LogP contribution < -0.4 is 9.62 Å². The molecule has 7 heteroatoms. The number of halogens is 1. The van der Waals surface area contributed by atoms with Gasteiger partial charge in [-0.05, 0) is 60.2 Å². The Balaban J connectivity index is 2.27. The van der Waals surface area contributed by atoms with E-state index in [0.717, 1.165) is 24.7 Å². The SMILES string of the molecule is CCc1ccc(CC)c(CNC(=O)C(CC)N(c2ccc(Cl)cc2)S(C)(=O)=O)c1. The number of sulfonamides is 1. The molecule has 29 heavy (non-hydrogen) atoms. The molecule has 0 aromatic heterocycles. The van der Waals surface area contributed by atoms with Gasteiger partial charge in [0.25, 0.3) is 0 Å². The standard InChI is InChI=1S/C22H29ClN2O3S/c1-5-16-8-9-17(6-2)18(14-16)15-24-22(26)21(7-3)25(29(4,27)28)20-12-10-19(23)11-13-20/h8-14,21H,5-7,15H2,1-4H3,(H,24,26). The van der Waals surface area contributed by atoms with E-state index in [2.05, 4.69) is 37.4 Å². The van der Waals surface area contributed by atoms with Gasteiger partial charge in [-0.15, -0.1) is 0 Å². The summed E-state index contributed by atoms with van der Waals surface area (Å²) in [4.78, 5) is 13.0. The maximum absolute atomic E-state index is 13.0. The van der Waals surface area contributed by atoms with E-state index < -0.39 is 16.1 Å². The van der Waals surface area contributed by atoms with Gasteiger partial charge >= 0.3 is 0 Å². The molecule has 1 N–H and O–H groups in total. The van der Waals surface area contributed by atoms with Crippen molar-refractivity contribution in [2.75, 3.05) is 10.6 Å². The van der Waals surface area contributed by atoms with E-state index in [0.29, 0.717) is 23.7 Å². The summed E-state index contributed by atoms with van der Waals surface area (Å²) < 4.78 is 26.2. The lowest BCUT2D eigenvalue weighted by Crippen LogP contribution is -2.49. The van der Waals surface area contributed by atoms with Crippen LogP contribution >= 0.6 is 11.6 Å². The highest BCUT2D eigenvalue weighted by atomic mass is 35.5. The van der Waals surface area contributed by atoms with E-state index in [1.54, 1.807) is 31.2 Å². The Morgan fingerprint density at radius 2 is 1.69 bits per heavy atom. The number of rotatable bonds is 9. The number of anilines is 1. The highest BCUT2D eigenvalue weighted by Gasteiger charge is 2.31. The monoisotopic (exact) mass is 436 g/mol. The molecule has 0 spiro atoms. The van der Waals surface area contributed by atoms with Crippen LogP contribution in [-0.2, 0) is 34.2 Å². The van der Waals surface area contributed by atoms with Gasteiger partial charge in [-0.2, -0.15) is 0 Å². The van der Waals surface area contributed by atoms with Crippen molar-refractivity contribution >= 4 is 33.2 Å². The molecular formula is C22H29ClN2O3S. The molecule has 158 valence electrons. The van der Waals surface area contributed by atoms with Crippen LogP contribution in [0.5, 0.6) is 0 Å². The number of benzene rings is 2. The number of carbonyl (C=O) groups excluding carboxylic acids is 1. The first-order valence-corrected chi connectivity index (χ1v) is 12.1. The van der Waals surface area contributed by atoms with E-state index in [-0.39, 0.29) is 5.91 Å². The third kappa shape index (κ3) is 5.97. The van der Waals surface area contributed by atoms with E-state index >= 15 is 0 Å². The Morgan fingerprint density at radius 3 is 2.21 bits per heavy atom. The van der Waals surface area contributed by atoms with Crippen LogP contribution in [-0.4, -0.2) is 26.6 Å². The minimum absolute atomic E-state index is 0.322. The van der Waals surface area contributed by atoms with Crippen LogP contribution in [0, 0.1) is 0 Å². The van der Waals surface area contributed by atoms with Gasteiger partial charge < -0.3 is 5.32 Å². The van der Waals surface area contributed by atoms with Crippen molar-refractivity contribution in [1.82, 2.24) is 5.32 Å². The Hall–Kier alpha value is -2.05. The zero-order valence-corrected chi connectivity index (χ0v) is 19.0. The topological polar surface area (TPSA) is 66.5 Å². The summed E-state index contributed by atoms with van der Waals surface area (Å²) in [5.41, 5.74) is 3.86.